The van der Waals surface area contributed by atoms with Crippen molar-refractivity contribution in [3.63, 3.8) is 0 Å². The van der Waals surface area contributed by atoms with Crippen LogP contribution in [0.1, 0.15) is 11.3 Å². The minimum atomic E-state index is -0.472. The highest BCUT2D eigenvalue weighted by molar-refractivity contribution is 6.30. The molecular weight excluding hydrogens is 359 g/mol. The van der Waals surface area contributed by atoms with Crippen molar-refractivity contribution in [1.29, 1.82) is 0 Å². The highest BCUT2D eigenvalue weighted by Gasteiger charge is 2.26. The highest BCUT2D eigenvalue weighted by atomic mass is 35.5. The minimum Gasteiger partial charge on any atom is -0.378 e. The predicted molar refractivity (Wildman–Crippen MR) is 95.8 cm³/mol. The van der Waals surface area contributed by atoms with Gasteiger partial charge in [0.1, 0.15) is 5.82 Å². The van der Waals surface area contributed by atoms with Crippen LogP contribution in [-0.2, 0) is 29.0 Å². The van der Waals surface area contributed by atoms with Gasteiger partial charge < -0.3 is 14.5 Å². The molecule has 1 aromatic carbocycles. The number of anilines is 1. The van der Waals surface area contributed by atoms with Gasteiger partial charge in [-0.05, 0) is 17.7 Å². The Hall–Kier alpha value is -2.12. The van der Waals surface area contributed by atoms with Gasteiger partial charge in [0.05, 0.1) is 55.3 Å². The Morgan fingerprint density at radius 3 is 2.81 bits per heavy atom. The zero-order valence-electron chi connectivity index (χ0n) is 14.3. The Kier molecular flexibility index (Phi) is 4.82. The third-order valence-corrected chi connectivity index (χ3v) is 5.18. The Labute approximate surface area is 156 Å². The van der Waals surface area contributed by atoms with E-state index in [0.717, 1.165) is 24.5 Å². The van der Waals surface area contributed by atoms with Crippen molar-refractivity contribution in [2.75, 3.05) is 37.7 Å². The molecule has 1 saturated heterocycles. The lowest BCUT2D eigenvalue weighted by Gasteiger charge is -2.32. The molecule has 1 amide bonds. The fourth-order valence-electron chi connectivity index (χ4n) is 3.45. The molecule has 2 aliphatic rings. The molecule has 0 saturated carbocycles. The maximum Gasteiger partial charge on any atom is 0.227 e. The van der Waals surface area contributed by atoms with Crippen LogP contribution in [0.4, 0.5) is 10.1 Å². The lowest BCUT2D eigenvalue weighted by atomic mass is 10.1. The largest absolute Gasteiger partial charge is 0.378 e. The number of ether oxygens (including phenoxy) is 1. The van der Waals surface area contributed by atoms with E-state index in [1.165, 1.54) is 12.1 Å². The third kappa shape index (κ3) is 3.41. The van der Waals surface area contributed by atoms with Crippen molar-refractivity contribution in [1.82, 2.24) is 14.7 Å². The van der Waals surface area contributed by atoms with Crippen LogP contribution in [0, 0.1) is 5.82 Å². The number of fused-ring (bicyclic) bond motifs is 1. The molecule has 8 heteroatoms. The molecule has 0 atom stereocenters. The quantitative estimate of drug-likeness (QED) is 0.820. The SMILES string of the molecule is O=C(Cc1ccc(F)c(Cl)c1)N1CCn2ncc(N3CCOCC3)c2C1. The molecule has 0 aliphatic carbocycles. The van der Waals surface area contributed by atoms with Crippen LogP contribution < -0.4 is 4.90 Å². The van der Waals surface area contributed by atoms with Crippen LogP contribution >= 0.6 is 11.6 Å². The highest BCUT2D eigenvalue weighted by Crippen LogP contribution is 2.26. The molecule has 6 nitrogen and oxygen atoms in total. The summed E-state index contributed by atoms with van der Waals surface area (Å²) < 4.78 is 20.7. The normalized spacial score (nSPS) is 17.3. The smallest absolute Gasteiger partial charge is 0.227 e. The monoisotopic (exact) mass is 378 g/mol. The van der Waals surface area contributed by atoms with E-state index in [9.17, 15) is 9.18 Å². The number of carbonyl (C=O) groups is 1. The third-order valence-electron chi connectivity index (χ3n) is 4.89. The zero-order chi connectivity index (χ0) is 18.1. The summed E-state index contributed by atoms with van der Waals surface area (Å²) in [5, 5.41) is 4.51. The fraction of sp³-hybridized carbons (Fsp3) is 0.444. The first-order valence-corrected chi connectivity index (χ1v) is 9.08. The molecule has 138 valence electrons. The standard InChI is InChI=1S/C18H20ClFN4O2/c19-14-9-13(1-2-15(14)20)10-18(25)23-3-4-24-17(12-23)16(11-21-24)22-5-7-26-8-6-22/h1-2,9,11H,3-8,10,12H2. The number of morpholine rings is 1. The van der Waals surface area contributed by atoms with E-state index in [-0.39, 0.29) is 17.4 Å². The molecule has 4 rings (SSSR count). The van der Waals surface area contributed by atoms with E-state index in [1.54, 1.807) is 6.07 Å². The van der Waals surface area contributed by atoms with Gasteiger partial charge in [0, 0.05) is 19.6 Å². The number of rotatable bonds is 3. The van der Waals surface area contributed by atoms with Crippen molar-refractivity contribution >= 4 is 23.2 Å². The number of aromatic nitrogens is 2. The van der Waals surface area contributed by atoms with Crippen molar-refractivity contribution in [3.8, 4) is 0 Å². The van der Waals surface area contributed by atoms with Gasteiger partial charge in [-0.1, -0.05) is 17.7 Å². The molecule has 26 heavy (non-hydrogen) atoms. The van der Waals surface area contributed by atoms with E-state index in [1.807, 2.05) is 15.8 Å². The Bertz CT molecular complexity index is 820. The van der Waals surface area contributed by atoms with Gasteiger partial charge in [-0.2, -0.15) is 5.10 Å². The summed E-state index contributed by atoms with van der Waals surface area (Å²) in [5.41, 5.74) is 2.85. The number of nitrogens with zero attached hydrogens (tertiary/aromatic N) is 4. The second-order valence-corrected chi connectivity index (χ2v) is 6.95. The maximum atomic E-state index is 13.3. The molecule has 2 aromatic rings. The van der Waals surface area contributed by atoms with E-state index < -0.39 is 5.82 Å². The van der Waals surface area contributed by atoms with Crippen LogP contribution in [-0.4, -0.2) is 53.4 Å². The molecule has 0 bridgehead atoms. The topological polar surface area (TPSA) is 50.6 Å². The van der Waals surface area contributed by atoms with E-state index in [0.29, 0.717) is 38.4 Å². The van der Waals surface area contributed by atoms with Crippen molar-refractivity contribution in [3.05, 3.63) is 46.5 Å². The Morgan fingerprint density at radius 1 is 1.23 bits per heavy atom. The van der Waals surface area contributed by atoms with Gasteiger partial charge in [-0.15, -0.1) is 0 Å². The number of hydrogen-bond acceptors (Lipinski definition) is 4. The summed E-state index contributed by atoms with van der Waals surface area (Å²) in [5.74, 6) is -0.465. The molecular formula is C18H20ClFN4O2. The Morgan fingerprint density at radius 2 is 2.04 bits per heavy atom. The molecule has 1 fully saturated rings. The van der Waals surface area contributed by atoms with Gasteiger partial charge in [0.15, 0.2) is 0 Å². The number of halogens is 2. The lowest BCUT2D eigenvalue weighted by Crippen LogP contribution is -2.41. The van der Waals surface area contributed by atoms with Crippen molar-refractivity contribution in [2.45, 2.75) is 19.5 Å². The van der Waals surface area contributed by atoms with Crippen molar-refractivity contribution < 1.29 is 13.9 Å². The van der Waals surface area contributed by atoms with Crippen LogP contribution in [0.3, 0.4) is 0 Å². The second-order valence-electron chi connectivity index (χ2n) is 6.54. The Balaban J connectivity index is 1.47. The summed E-state index contributed by atoms with van der Waals surface area (Å²) in [7, 11) is 0. The van der Waals surface area contributed by atoms with Gasteiger partial charge in [-0.3, -0.25) is 9.48 Å². The molecule has 1 aromatic heterocycles. The molecule has 0 unspecified atom stereocenters. The molecule has 0 radical (unpaired) electrons. The summed E-state index contributed by atoms with van der Waals surface area (Å²) in [6, 6.07) is 4.42. The average Bonchev–Trinajstić information content (AvgIpc) is 3.08. The number of benzene rings is 1. The minimum absolute atomic E-state index is 0.00746. The molecule has 0 spiro atoms. The second kappa shape index (κ2) is 7.25. The first-order valence-electron chi connectivity index (χ1n) is 8.71. The predicted octanol–water partition coefficient (Wildman–Crippen LogP) is 2.10. The zero-order valence-corrected chi connectivity index (χ0v) is 15.1. The summed E-state index contributed by atoms with van der Waals surface area (Å²) in [6.07, 6.45) is 2.09. The molecule has 2 aliphatic heterocycles. The molecule has 3 heterocycles. The van der Waals surface area contributed by atoms with Gasteiger partial charge in [0.2, 0.25) is 5.91 Å². The van der Waals surface area contributed by atoms with Crippen LogP contribution in [0.25, 0.3) is 0 Å². The van der Waals surface area contributed by atoms with Gasteiger partial charge in [0.25, 0.3) is 0 Å². The van der Waals surface area contributed by atoms with Crippen LogP contribution in [0.5, 0.6) is 0 Å². The van der Waals surface area contributed by atoms with Gasteiger partial charge in [-0.25, -0.2) is 4.39 Å². The van der Waals surface area contributed by atoms with Gasteiger partial charge >= 0.3 is 0 Å². The van der Waals surface area contributed by atoms with E-state index in [2.05, 4.69) is 10.00 Å². The first kappa shape index (κ1) is 17.3. The number of hydrogen-bond donors (Lipinski definition) is 0. The maximum absolute atomic E-state index is 13.3. The van der Waals surface area contributed by atoms with E-state index >= 15 is 0 Å². The van der Waals surface area contributed by atoms with Crippen LogP contribution in [0.2, 0.25) is 5.02 Å². The molecule has 0 N–H and O–H groups in total. The summed E-state index contributed by atoms with van der Waals surface area (Å²) in [4.78, 5) is 16.8. The van der Waals surface area contributed by atoms with Crippen LogP contribution in [0.15, 0.2) is 24.4 Å². The summed E-state index contributed by atoms with van der Waals surface area (Å²) in [6.45, 7) is 4.90. The van der Waals surface area contributed by atoms with Crippen molar-refractivity contribution in [2.24, 2.45) is 0 Å². The number of amides is 1. The lowest BCUT2D eigenvalue weighted by molar-refractivity contribution is -0.131. The average molecular weight is 379 g/mol. The van der Waals surface area contributed by atoms with E-state index in [4.69, 9.17) is 16.3 Å². The fourth-order valence-corrected chi connectivity index (χ4v) is 3.65. The summed E-state index contributed by atoms with van der Waals surface area (Å²) >= 11 is 5.81. The number of carbonyl (C=O) groups excluding carboxylic acids is 1. The first-order chi connectivity index (χ1) is 12.6.